The van der Waals surface area contributed by atoms with Crippen LogP contribution in [0.25, 0.3) is 0 Å². The highest BCUT2D eigenvalue weighted by Crippen LogP contribution is 2.18. The zero-order chi connectivity index (χ0) is 20.4. The van der Waals surface area contributed by atoms with E-state index < -0.39 is 0 Å². The number of benzene rings is 2. The second-order valence-corrected chi connectivity index (χ2v) is 7.24. The van der Waals surface area contributed by atoms with E-state index in [0.29, 0.717) is 30.4 Å². The molecule has 2 aromatic carbocycles. The molecular formula is C21H18ClFN4O2. The topological polar surface area (TPSA) is 67.2 Å². The molecule has 29 heavy (non-hydrogen) atoms. The van der Waals surface area contributed by atoms with Gasteiger partial charge in [0.25, 0.3) is 11.8 Å². The Labute approximate surface area is 171 Å². The molecule has 1 N–H and O–H groups in total. The minimum atomic E-state index is -0.381. The standard InChI is InChI=1S/C21H18ClFN4O2/c22-16-5-1-15(2-6-16)13-26-9-10-27-19(21(26)29)11-18(25-27)20(28)24-12-14-3-7-17(23)8-4-14/h1-8,11H,9-10,12-13H2,(H,24,28). The molecular weight excluding hydrogens is 395 g/mol. The number of amides is 2. The van der Waals surface area contributed by atoms with E-state index in [1.54, 1.807) is 33.8 Å². The first-order chi connectivity index (χ1) is 14.0. The van der Waals surface area contributed by atoms with E-state index in [9.17, 15) is 14.0 Å². The van der Waals surface area contributed by atoms with Gasteiger partial charge in [-0.05, 0) is 35.4 Å². The molecule has 0 atom stereocenters. The molecule has 148 valence electrons. The van der Waals surface area contributed by atoms with E-state index in [-0.39, 0.29) is 29.9 Å². The molecule has 1 aromatic heterocycles. The van der Waals surface area contributed by atoms with Crippen molar-refractivity contribution < 1.29 is 14.0 Å². The molecule has 3 aromatic rings. The van der Waals surface area contributed by atoms with Crippen molar-refractivity contribution in [1.82, 2.24) is 20.0 Å². The summed E-state index contributed by atoms with van der Waals surface area (Å²) in [5, 5.41) is 7.65. The van der Waals surface area contributed by atoms with E-state index in [4.69, 9.17) is 11.6 Å². The quantitative estimate of drug-likeness (QED) is 0.699. The lowest BCUT2D eigenvalue weighted by Crippen LogP contribution is -2.39. The van der Waals surface area contributed by atoms with Gasteiger partial charge in [-0.1, -0.05) is 35.9 Å². The highest BCUT2D eigenvalue weighted by Gasteiger charge is 2.27. The lowest BCUT2D eigenvalue weighted by atomic mass is 10.2. The van der Waals surface area contributed by atoms with Crippen LogP contribution in [0.3, 0.4) is 0 Å². The summed E-state index contributed by atoms with van der Waals surface area (Å²) >= 11 is 5.91. The number of halogens is 2. The smallest absolute Gasteiger partial charge is 0.272 e. The molecule has 2 heterocycles. The number of carbonyl (C=O) groups excluding carboxylic acids is 2. The average Bonchev–Trinajstić information content (AvgIpc) is 3.16. The van der Waals surface area contributed by atoms with Gasteiger partial charge in [0.1, 0.15) is 11.5 Å². The summed E-state index contributed by atoms with van der Waals surface area (Å²) < 4.78 is 14.5. The lowest BCUT2D eigenvalue weighted by molar-refractivity contribution is 0.0683. The predicted octanol–water partition coefficient (Wildman–Crippen LogP) is 3.26. The number of aromatic nitrogens is 2. The first kappa shape index (κ1) is 19.1. The molecule has 0 fully saturated rings. The fourth-order valence-electron chi connectivity index (χ4n) is 3.19. The van der Waals surface area contributed by atoms with Gasteiger partial charge in [-0.25, -0.2) is 4.39 Å². The van der Waals surface area contributed by atoms with Gasteiger partial charge in [0.15, 0.2) is 5.69 Å². The minimum absolute atomic E-state index is 0.170. The lowest BCUT2D eigenvalue weighted by Gasteiger charge is -2.27. The molecule has 1 aliphatic heterocycles. The van der Waals surface area contributed by atoms with Crippen LogP contribution in [0.4, 0.5) is 4.39 Å². The second kappa shape index (κ2) is 8.05. The van der Waals surface area contributed by atoms with Gasteiger partial charge >= 0.3 is 0 Å². The van der Waals surface area contributed by atoms with Gasteiger partial charge < -0.3 is 10.2 Å². The van der Waals surface area contributed by atoms with Crippen molar-refractivity contribution in [1.29, 1.82) is 0 Å². The number of hydrogen-bond acceptors (Lipinski definition) is 3. The number of nitrogens with zero attached hydrogens (tertiary/aromatic N) is 3. The van der Waals surface area contributed by atoms with Crippen LogP contribution in [0.2, 0.25) is 5.02 Å². The highest BCUT2D eigenvalue weighted by molar-refractivity contribution is 6.30. The Bertz CT molecular complexity index is 1050. The minimum Gasteiger partial charge on any atom is -0.347 e. The largest absolute Gasteiger partial charge is 0.347 e. The normalized spacial score (nSPS) is 13.3. The monoisotopic (exact) mass is 412 g/mol. The van der Waals surface area contributed by atoms with Crippen LogP contribution in [0.5, 0.6) is 0 Å². The third-order valence-corrected chi connectivity index (χ3v) is 5.01. The van der Waals surface area contributed by atoms with Crippen LogP contribution >= 0.6 is 11.6 Å². The zero-order valence-corrected chi connectivity index (χ0v) is 16.2. The maximum Gasteiger partial charge on any atom is 0.272 e. The first-order valence-corrected chi connectivity index (χ1v) is 9.51. The third kappa shape index (κ3) is 4.30. The number of nitrogens with one attached hydrogen (secondary N) is 1. The summed E-state index contributed by atoms with van der Waals surface area (Å²) in [5.41, 5.74) is 2.32. The van der Waals surface area contributed by atoms with E-state index in [0.717, 1.165) is 11.1 Å². The molecule has 8 heteroatoms. The van der Waals surface area contributed by atoms with E-state index in [2.05, 4.69) is 10.4 Å². The number of fused-ring (bicyclic) bond motifs is 1. The SMILES string of the molecule is O=C(NCc1ccc(F)cc1)c1cc2n(n1)CCN(Cc1ccc(Cl)cc1)C2=O. The van der Waals surface area contributed by atoms with Gasteiger partial charge in [-0.15, -0.1) is 0 Å². The Hall–Kier alpha value is -3.19. The summed E-state index contributed by atoms with van der Waals surface area (Å²) in [6.45, 7) is 1.73. The Balaban J connectivity index is 1.42. The average molecular weight is 413 g/mol. The van der Waals surface area contributed by atoms with Crippen molar-refractivity contribution in [2.24, 2.45) is 0 Å². The molecule has 0 aliphatic carbocycles. The van der Waals surface area contributed by atoms with Crippen molar-refractivity contribution in [3.05, 3.63) is 88.0 Å². The van der Waals surface area contributed by atoms with Gasteiger partial charge in [0.05, 0.1) is 6.54 Å². The van der Waals surface area contributed by atoms with Gasteiger partial charge in [0, 0.05) is 30.7 Å². The molecule has 6 nitrogen and oxygen atoms in total. The first-order valence-electron chi connectivity index (χ1n) is 9.14. The number of carbonyl (C=O) groups is 2. The summed E-state index contributed by atoms with van der Waals surface area (Å²) in [6.07, 6.45) is 0. The van der Waals surface area contributed by atoms with E-state index in [1.165, 1.54) is 18.2 Å². The molecule has 4 rings (SSSR count). The van der Waals surface area contributed by atoms with Crippen molar-refractivity contribution in [3.63, 3.8) is 0 Å². The molecule has 2 amide bonds. The third-order valence-electron chi connectivity index (χ3n) is 4.75. The Kier molecular flexibility index (Phi) is 5.31. The van der Waals surface area contributed by atoms with Crippen molar-refractivity contribution >= 4 is 23.4 Å². The summed E-state index contributed by atoms with van der Waals surface area (Å²) in [5.74, 6) is -0.881. The van der Waals surface area contributed by atoms with Gasteiger partial charge in [-0.3, -0.25) is 14.3 Å². The number of rotatable bonds is 5. The molecule has 0 saturated heterocycles. The molecule has 1 aliphatic rings. The molecule has 0 spiro atoms. The predicted molar refractivity (Wildman–Crippen MR) is 106 cm³/mol. The van der Waals surface area contributed by atoms with Crippen LogP contribution in [0.15, 0.2) is 54.6 Å². The molecule has 0 unspecified atom stereocenters. The van der Waals surface area contributed by atoms with E-state index in [1.807, 2.05) is 12.1 Å². The Morgan fingerprint density at radius 3 is 2.48 bits per heavy atom. The Morgan fingerprint density at radius 1 is 1.07 bits per heavy atom. The maximum absolute atomic E-state index is 13.0. The second-order valence-electron chi connectivity index (χ2n) is 6.80. The molecule has 0 radical (unpaired) electrons. The fourth-order valence-corrected chi connectivity index (χ4v) is 3.31. The zero-order valence-electron chi connectivity index (χ0n) is 15.4. The van der Waals surface area contributed by atoms with Crippen molar-refractivity contribution in [3.8, 4) is 0 Å². The molecule has 0 saturated carbocycles. The van der Waals surface area contributed by atoms with Crippen molar-refractivity contribution in [2.75, 3.05) is 6.54 Å². The highest BCUT2D eigenvalue weighted by atomic mass is 35.5. The van der Waals surface area contributed by atoms with Crippen LogP contribution in [0, 0.1) is 5.82 Å². The number of hydrogen-bond donors (Lipinski definition) is 1. The fraction of sp³-hybridized carbons (Fsp3) is 0.190. The Morgan fingerprint density at radius 2 is 1.76 bits per heavy atom. The summed E-state index contributed by atoms with van der Waals surface area (Å²) in [4.78, 5) is 26.9. The summed E-state index contributed by atoms with van der Waals surface area (Å²) in [7, 11) is 0. The molecule has 0 bridgehead atoms. The van der Waals surface area contributed by atoms with Crippen LogP contribution in [0.1, 0.15) is 32.1 Å². The van der Waals surface area contributed by atoms with Crippen LogP contribution in [-0.2, 0) is 19.6 Å². The maximum atomic E-state index is 13.0. The van der Waals surface area contributed by atoms with Crippen molar-refractivity contribution in [2.45, 2.75) is 19.6 Å². The van der Waals surface area contributed by atoms with Gasteiger partial charge in [-0.2, -0.15) is 5.10 Å². The van der Waals surface area contributed by atoms with Crippen LogP contribution < -0.4 is 5.32 Å². The summed E-state index contributed by atoms with van der Waals surface area (Å²) in [6, 6.07) is 14.7. The van der Waals surface area contributed by atoms with E-state index >= 15 is 0 Å². The van der Waals surface area contributed by atoms with Gasteiger partial charge in [0.2, 0.25) is 0 Å². The van der Waals surface area contributed by atoms with Crippen LogP contribution in [-0.4, -0.2) is 33.0 Å².